The predicted molar refractivity (Wildman–Crippen MR) is 87.9 cm³/mol. The number of fused-ring (bicyclic) bond motifs is 1. The number of pyridine rings is 1. The molecule has 0 saturated heterocycles. The second kappa shape index (κ2) is 6.23. The Hall–Kier alpha value is -3.02. The molecule has 0 radical (unpaired) electrons. The minimum atomic E-state index is -1.05. The monoisotopic (exact) mass is 328 g/mol. The molecule has 0 atom stereocenters. The second-order valence-corrected chi connectivity index (χ2v) is 5.45. The smallest absolute Gasteiger partial charge is 0.254 e. The Morgan fingerprint density at radius 3 is 2.58 bits per heavy atom. The van der Waals surface area contributed by atoms with Crippen molar-refractivity contribution < 1.29 is 13.6 Å². The lowest BCUT2D eigenvalue weighted by atomic mass is 10.1. The SMILES string of the molecule is Cc1cc2ccccc2n(CC(=O)Nc2ccc(F)c(F)c2)c1=O. The molecule has 0 aliphatic carbocycles. The molecule has 3 rings (SSSR count). The van der Waals surface area contributed by atoms with E-state index >= 15 is 0 Å². The quantitative estimate of drug-likeness (QED) is 0.802. The molecule has 0 unspecified atom stereocenters. The molecule has 3 aromatic rings. The lowest BCUT2D eigenvalue weighted by molar-refractivity contribution is -0.116. The van der Waals surface area contributed by atoms with Crippen molar-refractivity contribution in [3.63, 3.8) is 0 Å². The first-order valence-electron chi connectivity index (χ1n) is 7.30. The van der Waals surface area contributed by atoms with Crippen LogP contribution >= 0.6 is 0 Å². The maximum Gasteiger partial charge on any atom is 0.254 e. The number of benzene rings is 2. The first-order chi connectivity index (χ1) is 11.5. The van der Waals surface area contributed by atoms with Gasteiger partial charge in [0, 0.05) is 17.3 Å². The number of anilines is 1. The van der Waals surface area contributed by atoms with Crippen molar-refractivity contribution in [1.82, 2.24) is 4.57 Å². The summed E-state index contributed by atoms with van der Waals surface area (Å²) in [5.41, 5.74) is 1.01. The highest BCUT2D eigenvalue weighted by molar-refractivity contribution is 5.91. The molecule has 6 heteroatoms. The predicted octanol–water partition coefficient (Wildman–Crippen LogP) is 3.23. The van der Waals surface area contributed by atoms with E-state index in [1.165, 1.54) is 10.6 Å². The van der Waals surface area contributed by atoms with E-state index in [0.717, 1.165) is 17.5 Å². The minimum Gasteiger partial charge on any atom is -0.324 e. The van der Waals surface area contributed by atoms with E-state index < -0.39 is 17.5 Å². The van der Waals surface area contributed by atoms with Gasteiger partial charge in [0.05, 0.1) is 5.52 Å². The molecule has 2 aromatic carbocycles. The normalized spacial score (nSPS) is 10.8. The molecule has 0 aliphatic heterocycles. The Kier molecular flexibility index (Phi) is 4.12. The number of carbonyl (C=O) groups excluding carboxylic acids is 1. The molecular weight excluding hydrogens is 314 g/mol. The number of hydrogen-bond donors (Lipinski definition) is 1. The summed E-state index contributed by atoms with van der Waals surface area (Å²) in [6.07, 6.45) is 0. The average Bonchev–Trinajstić information content (AvgIpc) is 2.55. The van der Waals surface area contributed by atoms with E-state index in [0.29, 0.717) is 11.1 Å². The topological polar surface area (TPSA) is 51.1 Å². The van der Waals surface area contributed by atoms with Crippen LogP contribution in [0.3, 0.4) is 0 Å². The minimum absolute atomic E-state index is 0.129. The molecule has 1 aromatic heterocycles. The zero-order chi connectivity index (χ0) is 17.3. The van der Waals surface area contributed by atoms with Crippen LogP contribution < -0.4 is 10.9 Å². The fourth-order valence-electron chi connectivity index (χ4n) is 2.55. The van der Waals surface area contributed by atoms with Crippen LogP contribution in [0.15, 0.2) is 53.3 Å². The molecule has 0 saturated carbocycles. The van der Waals surface area contributed by atoms with Crippen LogP contribution in [0.5, 0.6) is 0 Å². The van der Waals surface area contributed by atoms with Gasteiger partial charge in [-0.25, -0.2) is 8.78 Å². The largest absolute Gasteiger partial charge is 0.324 e. The van der Waals surface area contributed by atoms with Crippen molar-refractivity contribution in [3.05, 3.63) is 76.1 Å². The molecule has 0 spiro atoms. The number of nitrogens with one attached hydrogen (secondary N) is 1. The first kappa shape index (κ1) is 15.9. The van der Waals surface area contributed by atoms with Crippen molar-refractivity contribution in [1.29, 1.82) is 0 Å². The number of aryl methyl sites for hydroxylation is 1. The highest BCUT2D eigenvalue weighted by Gasteiger charge is 2.11. The lowest BCUT2D eigenvalue weighted by Crippen LogP contribution is -2.29. The molecule has 0 fully saturated rings. The summed E-state index contributed by atoms with van der Waals surface area (Å²) < 4.78 is 27.5. The molecular formula is C18H14F2N2O2. The van der Waals surface area contributed by atoms with Gasteiger partial charge in [0.15, 0.2) is 11.6 Å². The average molecular weight is 328 g/mol. The van der Waals surface area contributed by atoms with E-state index in [1.807, 2.05) is 12.1 Å². The number of para-hydroxylation sites is 1. The summed E-state index contributed by atoms with van der Waals surface area (Å²) in [6.45, 7) is 1.46. The Morgan fingerprint density at radius 2 is 1.83 bits per heavy atom. The van der Waals surface area contributed by atoms with Gasteiger partial charge >= 0.3 is 0 Å². The van der Waals surface area contributed by atoms with Gasteiger partial charge in [-0.05, 0) is 36.6 Å². The van der Waals surface area contributed by atoms with Crippen molar-refractivity contribution >= 4 is 22.5 Å². The van der Waals surface area contributed by atoms with Gasteiger partial charge in [-0.2, -0.15) is 0 Å². The summed E-state index contributed by atoms with van der Waals surface area (Å²) in [5.74, 6) is -2.54. The maximum atomic E-state index is 13.2. The van der Waals surface area contributed by atoms with E-state index in [-0.39, 0.29) is 17.8 Å². The first-order valence-corrected chi connectivity index (χ1v) is 7.30. The Labute approximate surface area is 136 Å². The number of amides is 1. The van der Waals surface area contributed by atoms with Crippen LogP contribution in [0, 0.1) is 18.6 Å². The summed E-state index contributed by atoms with van der Waals surface area (Å²) >= 11 is 0. The molecule has 4 nitrogen and oxygen atoms in total. The van der Waals surface area contributed by atoms with E-state index in [2.05, 4.69) is 5.32 Å². The Morgan fingerprint density at radius 1 is 1.08 bits per heavy atom. The highest BCUT2D eigenvalue weighted by Crippen LogP contribution is 2.15. The van der Waals surface area contributed by atoms with Gasteiger partial charge in [0.1, 0.15) is 6.54 Å². The number of aromatic nitrogens is 1. The summed E-state index contributed by atoms with van der Waals surface area (Å²) in [6, 6.07) is 12.1. The van der Waals surface area contributed by atoms with Crippen LogP contribution in [0.1, 0.15) is 5.56 Å². The number of halogens is 2. The summed E-state index contributed by atoms with van der Waals surface area (Å²) in [7, 11) is 0. The Balaban J connectivity index is 1.92. The summed E-state index contributed by atoms with van der Waals surface area (Å²) in [4.78, 5) is 24.5. The van der Waals surface area contributed by atoms with Gasteiger partial charge in [-0.3, -0.25) is 14.2 Å². The number of nitrogens with zero attached hydrogens (tertiary/aromatic N) is 1. The molecule has 1 N–H and O–H groups in total. The Bertz CT molecular complexity index is 996. The summed E-state index contributed by atoms with van der Waals surface area (Å²) in [5, 5.41) is 3.31. The van der Waals surface area contributed by atoms with Crippen LogP contribution in [-0.4, -0.2) is 10.5 Å². The van der Waals surface area contributed by atoms with Crippen LogP contribution in [0.25, 0.3) is 10.9 Å². The van der Waals surface area contributed by atoms with Crippen molar-refractivity contribution in [2.75, 3.05) is 5.32 Å². The fraction of sp³-hybridized carbons (Fsp3) is 0.111. The molecule has 1 amide bonds. The lowest BCUT2D eigenvalue weighted by Gasteiger charge is -2.12. The molecule has 0 bridgehead atoms. The van der Waals surface area contributed by atoms with E-state index in [4.69, 9.17) is 0 Å². The molecule has 0 aliphatic rings. The van der Waals surface area contributed by atoms with Gasteiger partial charge in [0.2, 0.25) is 5.91 Å². The van der Waals surface area contributed by atoms with Gasteiger partial charge in [-0.1, -0.05) is 18.2 Å². The third kappa shape index (κ3) is 3.03. The molecule has 1 heterocycles. The number of carbonyl (C=O) groups is 1. The van der Waals surface area contributed by atoms with Crippen LogP contribution in [0.2, 0.25) is 0 Å². The van der Waals surface area contributed by atoms with E-state index in [9.17, 15) is 18.4 Å². The van der Waals surface area contributed by atoms with Gasteiger partial charge < -0.3 is 5.32 Å². The maximum absolute atomic E-state index is 13.2. The van der Waals surface area contributed by atoms with Crippen molar-refractivity contribution in [3.8, 4) is 0 Å². The van der Waals surface area contributed by atoms with Crippen LogP contribution in [-0.2, 0) is 11.3 Å². The highest BCUT2D eigenvalue weighted by atomic mass is 19.2. The fourth-order valence-corrected chi connectivity index (χ4v) is 2.55. The zero-order valence-corrected chi connectivity index (χ0v) is 12.8. The van der Waals surface area contributed by atoms with Gasteiger partial charge in [0.25, 0.3) is 5.56 Å². The number of hydrogen-bond acceptors (Lipinski definition) is 2. The molecule has 24 heavy (non-hydrogen) atoms. The zero-order valence-electron chi connectivity index (χ0n) is 12.8. The van der Waals surface area contributed by atoms with Gasteiger partial charge in [-0.15, -0.1) is 0 Å². The third-order valence-electron chi connectivity index (χ3n) is 3.69. The number of rotatable bonds is 3. The van der Waals surface area contributed by atoms with Crippen molar-refractivity contribution in [2.24, 2.45) is 0 Å². The standard InChI is InChI=1S/C18H14F2N2O2/c1-11-8-12-4-2-3-5-16(12)22(18(11)24)10-17(23)21-13-6-7-14(19)15(20)9-13/h2-9H,10H2,1H3,(H,21,23). The van der Waals surface area contributed by atoms with Crippen LogP contribution in [0.4, 0.5) is 14.5 Å². The van der Waals surface area contributed by atoms with E-state index in [1.54, 1.807) is 25.1 Å². The second-order valence-electron chi connectivity index (χ2n) is 5.45. The third-order valence-corrected chi connectivity index (χ3v) is 3.69. The van der Waals surface area contributed by atoms with Crippen molar-refractivity contribution in [2.45, 2.75) is 13.5 Å². The molecule has 122 valence electrons.